The maximum atomic E-state index is 12.3. The molecule has 1 saturated heterocycles. The molecular weight excluding hydrogens is 318 g/mol. The summed E-state index contributed by atoms with van der Waals surface area (Å²) in [5, 5.41) is 1.07. The molecule has 2 heterocycles. The number of hydrogen-bond acceptors (Lipinski definition) is 3. The van der Waals surface area contributed by atoms with Crippen LogP contribution in [0.15, 0.2) is 54.0 Å². The quantitative estimate of drug-likeness (QED) is 0.617. The number of aryl methyl sites for hydroxylation is 1. The average molecular weight is 341 g/mol. The third kappa shape index (κ3) is 4.51. The molecule has 4 nitrogen and oxygen atoms in total. The topological polar surface area (TPSA) is 38.1 Å². The minimum Gasteiger partial charge on any atom is -0.339 e. The number of thioether (sulfide) groups is 1. The van der Waals surface area contributed by atoms with Gasteiger partial charge in [0.15, 0.2) is 5.16 Å². The van der Waals surface area contributed by atoms with Gasteiger partial charge in [-0.1, -0.05) is 42.1 Å². The van der Waals surface area contributed by atoms with Gasteiger partial charge in [0.2, 0.25) is 5.91 Å². The molecule has 0 spiro atoms. The predicted octanol–water partition coefficient (Wildman–Crippen LogP) is 3.46. The number of likely N-dealkylation sites (tertiary alicyclic amines) is 1. The van der Waals surface area contributed by atoms with Crippen molar-refractivity contribution < 1.29 is 4.79 Å². The van der Waals surface area contributed by atoms with Gasteiger partial charge in [-0.15, -0.1) is 0 Å². The van der Waals surface area contributed by atoms with Crippen molar-refractivity contribution in [1.29, 1.82) is 0 Å². The number of nitrogens with zero attached hydrogens (tertiary/aromatic N) is 3. The zero-order valence-electron chi connectivity index (χ0n) is 14.0. The van der Waals surface area contributed by atoms with Crippen LogP contribution >= 0.6 is 11.8 Å². The molecule has 1 fully saturated rings. The Kier molecular flexibility index (Phi) is 5.75. The van der Waals surface area contributed by atoms with Crippen LogP contribution in [-0.2, 0) is 11.8 Å². The molecule has 0 bridgehead atoms. The van der Waals surface area contributed by atoms with E-state index in [2.05, 4.69) is 9.55 Å². The fourth-order valence-electron chi connectivity index (χ4n) is 2.84. The van der Waals surface area contributed by atoms with Crippen molar-refractivity contribution in [3.8, 4) is 0 Å². The third-order valence-corrected chi connectivity index (χ3v) is 5.66. The van der Waals surface area contributed by atoms with E-state index in [0.29, 0.717) is 5.92 Å². The van der Waals surface area contributed by atoms with Gasteiger partial charge >= 0.3 is 0 Å². The van der Waals surface area contributed by atoms with Crippen LogP contribution in [0.5, 0.6) is 0 Å². The molecule has 5 heteroatoms. The molecule has 0 aliphatic carbocycles. The van der Waals surface area contributed by atoms with E-state index in [1.807, 2.05) is 72.5 Å². The Hall–Kier alpha value is -2.01. The van der Waals surface area contributed by atoms with E-state index in [4.69, 9.17) is 0 Å². The third-order valence-electron chi connectivity index (χ3n) is 4.37. The Morgan fingerprint density at radius 2 is 2.04 bits per heavy atom. The SMILES string of the molecule is Cn1ccnc1SCC1CCN(C(=O)/C=C/c2ccccc2)CC1. The van der Waals surface area contributed by atoms with Crippen LogP contribution in [0.25, 0.3) is 6.08 Å². The summed E-state index contributed by atoms with van der Waals surface area (Å²) in [6.45, 7) is 1.70. The molecular formula is C19H23N3OS. The first-order valence-electron chi connectivity index (χ1n) is 8.34. The second-order valence-corrected chi connectivity index (χ2v) is 7.13. The number of hydrogen-bond donors (Lipinski definition) is 0. The fourth-order valence-corrected chi connectivity index (χ4v) is 3.96. The molecule has 1 amide bonds. The van der Waals surface area contributed by atoms with Crippen LogP contribution in [0.1, 0.15) is 18.4 Å². The van der Waals surface area contributed by atoms with Crippen molar-refractivity contribution in [2.24, 2.45) is 13.0 Å². The molecule has 1 aromatic heterocycles. The molecule has 24 heavy (non-hydrogen) atoms. The van der Waals surface area contributed by atoms with E-state index >= 15 is 0 Å². The van der Waals surface area contributed by atoms with Crippen LogP contribution in [0.4, 0.5) is 0 Å². The summed E-state index contributed by atoms with van der Waals surface area (Å²) in [5.41, 5.74) is 1.06. The molecule has 0 saturated carbocycles. The molecule has 3 rings (SSSR count). The maximum Gasteiger partial charge on any atom is 0.246 e. The Labute approximate surface area is 147 Å². The Bertz CT molecular complexity index is 688. The van der Waals surface area contributed by atoms with Gasteiger partial charge in [0, 0.05) is 44.4 Å². The first kappa shape index (κ1) is 16.8. The molecule has 0 radical (unpaired) electrons. The van der Waals surface area contributed by atoms with Crippen LogP contribution < -0.4 is 0 Å². The largest absolute Gasteiger partial charge is 0.339 e. The maximum absolute atomic E-state index is 12.3. The highest BCUT2D eigenvalue weighted by molar-refractivity contribution is 7.99. The van der Waals surface area contributed by atoms with Gasteiger partial charge in [-0.3, -0.25) is 4.79 Å². The highest BCUT2D eigenvalue weighted by Crippen LogP contribution is 2.25. The first-order chi connectivity index (χ1) is 11.7. The molecule has 1 aliphatic heterocycles. The number of imidazole rings is 1. The minimum absolute atomic E-state index is 0.119. The summed E-state index contributed by atoms with van der Waals surface area (Å²) in [6.07, 6.45) is 9.54. The fraction of sp³-hybridized carbons (Fsp3) is 0.368. The number of carbonyl (C=O) groups excluding carboxylic acids is 1. The number of amides is 1. The molecule has 0 atom stereocenters. The summed E-state index contributed by atoms with van der Waals surface area (Å²) in [6, 6.07) is 9.95. The summed E-state index contributed by atoms with van der Waals surface area (Å²) in [4.78, 5) is 18.6. The summed E-state index contributed by atoms with van der Waals surface area (Å²) in [7, 11) is 2.02. The number of rotatable bonds is 5. The van der Waals surface area contributed by atoms with E-state index in [1.165, 1.54) is 0 Å². The lowest BCUT2D eigenvalue weighted by molar-refractivity contribution is -0.127. The van der Waals surface area contributed by atoms with Gasteiger partial charge in [0.1, 0.15) is 0 Å². The van der Waals surface area contributed by atoms with E-state index in [1.54, 1.807) is 6.08 Å². The number of benzene rings is 1. The normalized spacial score (nSPS) is 16.0. The summed E-state index contributed by atoms with van der Waals surface area (Å²) >= 11 is 1.81. The van der Waals surface area contributed by atoms with Crippen molar-refractivity contribution in [2.75, 3.05) is 18.8 Å². The molecule has 1 aromatic carbocycles. The van der Waals surface area contributed by atoms with E-state index in [-0.39, 0.29) is 5.91 Å². The minimum atomic E-state index is 0.119. The number of carbonyl (C=O) groups is 1. The van der Waals surface area contributed by atoms with Gasteiger partial charge in [-0.2, -0.15) is 0 Å². The van der Waals surface area contributed by atoms with Gasteiger partial charge in [0.25, 0.3) is 0 Å². The Morgan fingerprint density at radius 1 is 1.29 bits per heavy atom. The second-order valence-electron chi connectivity index (χ2n) is 6.14. The molecule has 126 valence electrons. The first-order valence-corrected chi connectivity index (χ1v) is 9.33. The van der Waals surface area contributed by atoms with E-state index in [9.17, 15) is 4.79 Å². The van der Waals surface area contributed by atoms with Crippen LogP contribution in [-0.4, -0.2) is 39.2 Å². The lowest BCUT2D eigenvalue weighted by Crippen LogP contribution is -2.38. The smallest absolute Gasteiger partial charge is 0.246 e. The molecule has 0 unspecified atom stereocenters. The van der Waals surface area contributed by atoms with Crippen LogP contribution in [0, 0.1) is 5.92 Å². The highest BCUT2D eigenvalue weighted by Gasteiger charge is 2.22. The van der Waals surface area contributed by atoms with Crippen molar-refractivity contribution >= 4 is 23.7 Å². The molecule has 1 aliphatic rings. The van der Waals surface area contributed by atoms with Crippen molar-refractivity contribution in [1.82, 2.24) is 14.5 Å². The average Bonchev–Trinajstić information content (AvgIpc) is 3.04. The van der Waals surface area contributed by atoms with Gasteiger partial charge < -0.3 is 9.47 Å². The summed E-state index contributed by atoms with van der Waals surface area (Å²) < 4.78 is 2.05. The summed E-state index contributed by atoms with van der Waals surface area (Å²) in [5.74, 6) is 1.86. The number of piperidine rings is 1. The van der Waals surface area contributed by atoms with E-state index < -0.39 is 0 Å². The van der Waals surface area contributed by atoms with Crippen molar-refractivity contribution in [3.63, 3.8) is 0 Å². The zero-order chi connectivity index (χ0) is 16.8. The van der Waals surface area contributed by atoms with Gasteiger partial charge in [0.05, 0.1) is 0 Å². The lowest BCUT2D eigenvalue weighted by atomic mass is 9.99. The van der Waals surface area contributed by atoms with Gasteiger partial charge in [-0.25, -0.2) is 4.98 Å². The highest BCUT2D eigenvalue weighted by atomic mass is 32.2. The Morgan fingerprint density at radius 3 is 2.71 bits per heavy atom. The molecule has 2 aromatic rings. The van der Waals surface area contributed by atoms with E-state index in [0.717, 1.165) is 42.4 Å². The predicted molar refractivity (Wildman–Crippen MR) is 98.7 cm³/mol. The van der Waals surface area contributed by atoms with Crippen LogP contribution in [0.2, 0.25) is 0 Å². The molecule has 0 N–H and O–H groups in total. The van der Waals surface area contributed by atoms with Gasteiger partial charge in [-0.05, 0) is 30.4 Å². The van der Waals surface area contributed by atoms with Crippen LogP contribution in [0.3, 0.4) is 0 Å². The monoisotopic (exact) mass is 341 g/mol. The standard InChI is InChI=1S/C19H23N3OS/c1-21-14-11-20-19(21)24-15-17-9-12-22(13-10-17)18(23)8-7-16-5-3-2-4-6-16/h2-8,11,14,17H,9-10,12-13,15H2,1H3/b8-7+. The zero-order valence-corrected chi connectivity index (χ0v) is 14.8. The van der Waals surface area contributed by atoms with Crippen molar-refractivity contribution in [3.05, 3.63) is 54.4 Å². The lowest BCUT2D eigenvalue weighted by Gasteiger charge is -2.31. The second kappa shape index (κ2) is 8.20. The Balaban J connectivity index is 1.44. The van der Waals surface area contributed by atoms with Crippen molar-refractivity contribution in [2.45, 2.75) is 18.0 Å². The number of aromatic nitrogens is 2.